The average molecular weight is 222 g/mol. The monoisotopic (exact) mass is 222 g/mol. The predicted molar refractivity (Wildman–Crippen MR) is 67.0 cm³/mol. The van der Waals surface area contributed by atoms with Gasteiger partial charge in [0.25, 0.3) is 0 Å². The molecule has 0 fully saturated rings. The van der Waals surface area contributed by atoms with Crippen molar-refractivity contribution < 1.29 is 4.74 Å². The third kappa shape index (κ3) is 4.62. The van der Waals surface area contributed by atoms with Crippen LogP contribution in [0.4, 0.5) is 0 Å². The maximum absolute atomic E-state index is 5.57. The maximum Gasteiger partial charge on any atom is 0.213 e. The Kier molecular flexibility index (Phi) is 5.86. The fraction of sp³-hybridized carbons (Fsp3) is 0.615. The first kappa shape index (κ1) is 13.0. The number of nitrogens with one attached hydrogen (secondary N) is 1. The lowest BCUT2D eigenvalue weighted by Crippen LogP contribution is -2.21. The van der Waals surface area contributed by atoms with Gasteiger partial charge in [0.15, 0.2) is 0 Å². The van der Waals surface area contributed by atoms with E-state index in [1.807, 2.05) is 18.2 Å². The summed E-state index contributed by atoms with van der Waals surface area (Å²) >= 11 is 0. The molecular formula is C13H22N2O. The normalized spacial score (nSPS) is 10.8. The number of nitrogens with zero attached hydrogens (tertiary/aromatic N) is 1. The quantitative estimate of drug-likeness (QED) is 0.720. The van der Waals surface area contributed by atoms with Crippen molar-refractivity contribution in [2.45, 2.75) is 33.1 Å². The molecule has 16 heavy (non-hydrogen) atoms. The number of rotatable bonds is 7. The molecule has 0 saturated carbocycles. The van der Waals surface area contributed by atoms with Gasteiger partial charge in [0.1, 0.15) is 6.61 Å². The Balaban J connectivity index is 2.33. The van der Waals surface area contributed by atoms with E-state index >= 15 is 0 Å². The van der Waals surface area contributed by atoms with Gasteiger partial charge in [-0.1, -0.05) is 26.8 Å². The van der Waals surface area contributed by atoms with Gasteiger partial charge in [-0.3, -0.25) is 0 Å². The van der Waals surface area contributed by atoms with Gasteiger partial charge in [-0.15, -0.1) is 0 Å². The van der Waals surface area contributed by atoms with Gasteiger partial charge in [0.2, 0.25) is 5.88 Å². The molecule has 0 amide bonds. The average Bonchev–Trinajstić information content (AvgIpc) is 2.29. The molecule has 3 nitrogen and oxygen atoms in total. The van der Waals surface area contributed by atoms with Crippen LogP contribution in [0.1, 0.15) is 38.8 Å². The summed E-state index contributed by atoms with van der Waals surface area (Å²) in [5.74, 6) is 1.17. The van der Waals surface area contributed by atoms with Crippen molar-refractivity contribution in [3.63, 3.8) is 0 Å². The molecular weight excluding hydrogens is 200 g/mol. The second kappa shape index (κ2) is 7.23. The van der Waals surface area contributed by atoms with Crippen LogP contribution in [0.2, 0.25) is 0 Å². The highest BCUT2D eigenvalue weighted by atomic mass is 16.5. The van der Waals surface area contributed by atoms with Crippen LogP contribution in [0.3, 0.4) is 0 Å². The Morgan fingerprint density at radius 2 is 2.12 bits per heavy atom. The summed E-state index contributed by atoms with van der Waals surface area (Å²) in [6.07, 6.45) is 1.15. The Bertz CT molecular complexity index is 300. The van der Waals surface area contributed by atoms with E-state index in [1.54, 1.807) is 0 Å². The lowest BCUT2D eigenvalue weighted by Gasteiger charge is -2.09. The standard InChI is InChI=1S/C13H22N2O/c1-4-8-14-9-10-16-13-7-5-6-12(15-13)11(2)3/h5-7,11,14H,4,8-10H2,1-3H3. The van der Waals surface area contributed by atoms with Gasteiger partial charge < -0.3 is 10.1 Å². The number of pyridine rings is 1. The third-order valence-electron chi connectivity index (χ3n) is 2.29. The number of hydrogen-bond acceptors (Lipinski definition) is 3. The van der Waals surface area contributed by atoms with Crippen molar-refractivity contribution in [1.82, 2.24) is 10.3 Å². The predicted octanol–water partition coefficient (Wildman–Crippen LogP) is 2.58. The Morgan fingerprint density at radius 1 is 1.31 bits per heavy atom. The molecule has 0 aliphatic carbocycles. The molecule has 1 N–H and O–H groups in total. The van der Waals surface area contributed by atoms with Crippen molar-refractivity contribution in [2.75, 3.05) is 19.7 Å². The zero-order valence-electron chi connectivity index (χ0n) is 10.5. The second-order valence-electron chi connectivity index (χ2n) is 4.15. The van der Waals surface area contributed by atoms with Crippen molar-refractivity contribution in [3.05, 3.63) is 23.9 Å². The molecule has 0 aliphatic rings. The zero-order valence-corrected chi connectivity index (χ0v) is 10.5. The molecule has 1 aromatic heterocycles. The van der Waals surface area contributed by atoms with Crippen molar-refractivity contribution in [3.8, 4) is 5.88 Å². The van der Waals surface area contributed by atoms with Crippen LogP contribution in [0.5, 0.6) is 5.88 Å². The number of ether oxygens (including phenoxy) is 1. The molecule has 0 unspecified atom stereocenters. The van der Waals surface area contributed by atoms with Gasteiger partial charge in [0.05, 0.1) is 0 Å². The van der Waals surface area contributed by atoms with Crippen molar-refractivity contribution >= 4 is 0 Å². The van der Waals surface area contributed by atoms with Gasteiger partial charge in [0, 0.05) is 18.3 Å². The van der Waals surface area contributed by atoms with Crippen LogP contribution < -0.4 is 10.1 Å². The van der Waals surface area contributed by atoms with E-state index in [1.165, 1.54) is 0 Å². The highest BCUT2D eigenvalue weighted by molar-refractivity contribution is 5.17. The summed E-state index contributed by atoms with van der Waals surface area (Å²) in [6, 6.07) is 5.94. The molecule has 0 aliphatic heterocycles. The zero-order chi connectivity index (χ0) is 11.8. The molecule has 0 radical (unpaired) electrons. The van der Waals surface area contributed by atoms with E-state index in [0.29, 0.717) is 12.5 Å². The van der Waals surface area contributed by atoms with Crippen LogP contribution in [0.25, 0.3) is 0 Å². The summed E-state index contributed by atoms with van der Waals surface area (Å²) in [4.78, 5) is 4.44. The fourth-order valence-electron chi connectivity index (χ4n) is 1.36. The molecule has 0 aromatic carbocycles. The van der Waals surface area contributed by atoms with Gasteiger partial charge in [-0.25, -0.2) is 4.98 Å². The molecule has 0 saturated heterocycles. The van der Waals surface area contributed by atoms with Gasteiger partial charge >= 0.3 is 0 Å². The summed E-state index contributed by atoms with van der Waals surface area (Å²) < 4.78 is 5.57. The molecule has 0 spiro atoms. The first-order chi connectivity index (χ1) is 7.74. The van der Waals surface area contributed by atoms with Crippen LogP contribution in [0, 0.1) is 0 Å². The Hall–Kier alpha value is -1.09. The first-order valence-electron chi connectivity index (χ1n) is 6.04. The van der Waals surface area contributed by atoms with Crippen LogP contribution in [-0.4, -0.2) is 24.7 Å². The number of hydrogen-bond donors (Lipinski definition) is 1. The van der Waals surface area contributed by atoms with Gasteiger partial charge in [-0.05, 0) is 24.9 Å². The number of aromatic nitrogens is 1. The minimum absolute atomic E-state index is 0.446. The first-order valence-corrected chi connectivity index (χ1v) is 6.04. The lowest BCUT2D eigenvalue weighted by atomic mass is 10.1. The Morgan fingerprint density at radius 3 is 2.81 bits per heavy atom. The topological polar surface area (TPSA) is 34.1 Å². The summed E-state index contributed by atoms with van der Waals surface area (Å²) in [5.41, 5.74) is 1.08. The molecule has 1 aromatic rings. The highest BCUT2D eigenvalue weighted by Crippen LogP contribution is 2.14. The van der Waals surface area contributed by atoms with E-state index in [9.17, 15) is 0 Å². The van der Waals surface area contributed by atoms with E-state index < -0.39 is 0 Å². The van der Waals surface area contributed by atoms with Crippen molar-refractivity contribution in [1.29, 1.82) is 0 Å². The second-order valence-corrected chi connectivity index (χ2v) is 4.15. The van der Waals surface area contributed by atoms with E-state index in [4.69, 9.17) is 4.74 Å². The summed E-state index contributed by atoms with van der Waals surface area (Å²) in [6.45, 7) is 9.02. The lowest BCUT2D eigenvalue weighted by molar-refractivity contribution is 0.301. The van der Waals surface area contributed by atoms with Crippen LogP contribution in [-0.2, 0) is 0 Å². The molecule has 90 valence electrons. The SMILES string of the molecule is CCCNCCOc1cccc(C(C)C)n1. The van der Waals surface area contributed by atoms with E-state index in [2.05, 4.69) is 31.1 Å². The maximum atomic E-state index is 5.57. The minimum Gasteiger partial charge on any atom is -0.476 e. The minimum atomic E-state index is 0.446. The van der Waals surface area contributed by atoms with E-state index in [-0.39, 0.29) is 0 Å². The van der Waals surface area contributed by atoms with Crippen molar-refractivity contribution in [2.24, 2.45) is 0 Å². The third-order valence-corrected chi connectivity index (χ3v) is 2.29. The smallest absolute Gasteiger partial charge is 0.213 e. The Labute approximate surface area is 98.2 Å². The molecule has 1 rings (SSSR count). The molecule has 0 atom stereocenters. The summed E-state index contributed by atoms with van der Waals surface area (Å²) in [7, 11) is 0. The van der Waals surface area contributed by atoms with Gasteiger partial charge in [-0.2, -0.15) is 0 Å². The molecule has 3 heteroatoms. The van der Waals surface area contributed by atoms with E-state index in [0.717, 1.165) is 31.1 Å². The molecule has 0 bridgehead atoms. The largest absolute Gasteiger partial charge is 0.476 e. The fourth-order valence-corrected chi connectivity index (χ4v) is 1.36. The highest BCUT2D eigenvalue weighted by Gasteiger charge is 2.02. The van der Waals surface area contributed by atoms with Crippen LogP contribution in [0.15, 0.2) is 18.2 Å². The summed E-state index contributed by atoms with van der Waals surface area (Å²) in [5, 5.41) is 3.29. The van der Waals surface area contributed by atoms with Crippen LogP contribution >= 0.6 is 0 Å². The molecule has 1 heterocycles.